The van der Waals surface area contributed by atoms with E-state index in [-0.39, 0.29) is 28.8 Å². The Morgan fingerprint density at radius 1 is 1.00 bits per heavy atom. The molecule has 1 aliphatic heterocycles. The van der Waals surface area contributed by atoms with Gasteiger partial charge in [-0.1, -0.05) is 34.6 Å². The molecule has 0 N–H and O–H groups in total. The second kappa shape index (κ2) is 7.88. The second-order valence-electron chi connectivity index (χ2n) is 11.6. The normalized spacial score (nSPS) is 49.7. The number of hydrogen-bond donors (Lipinski definition) is 0. The molecule has 10 atom stereocenters. The maximum Gasteiger partial charge on any atom is 0.317 e. The van der Waals surface area contributed by atoms with E-state index in [1.165, 1.54) is 25.7 Å². The van der Waals surface area contributed by atoms with Crippen LogP contribution in [-0.4, -0.2) is 23.5 Å². The van der Waals surface area contributed by atoms with E-state index >= 15 is 0 Å². The molecule has 5 fully saturated rings. The van der Waals surface area contributed by atoms with Gasteiger partial charge in [0, 0.05) is 0 Å². The van der Waals surface area contributed by atoms with Gasteiger partial charge in [0.25, 0.3) is 0 Å². The standard InChI is InChI=1S/C20H32O2.C6H8O3/c1-5-20(10-14-6-7-16(20)8-14)22-18(21)19(4)11-15-9-17(19)13(3)12(15)2;1-3-4(2)6(8)9-5(3)7/h12-17H,5-11H2,1-4H3;3-4H,1-2H3. The van der Waals surface area contributed by atoms with E-state index in [9.17, 15) is 14.4 Å². The topological polar surface area (TPSA) is 69.7 Å². The van der Waals surface area contributed by atoms with Gasteiger partial charge >= 0.3 is 17.9 Å². The minimum atomic E-state index is -0.396. The lowest BCUT2D eigenvalue weighted by molar-refractivity contribution is -0.183. The Morgan fingerprint density at radius 2 is 1.65 bits per heavy atom. The number of hydrogen-bond acceptors (Lipinski definition) is 5. The van der Waals surface area contributed by atoms with Gasteiger partial charge in [-0.05, 0) is 87.4 Å². The van der Waals surface area contributed by atoms with Gasteiger partial charge in [0.2, 0.25) is 0 Å². The average molecular weight is 433 g/mol. The molecular weight excluding hydrogens is 392 g/mol. The molecular formula is C26H40O5. The first-order chi connectivity index (χ1) is 14.5. The van der Waals surface area contributed by atoms with Crippen molar-refractivity contribution in [2.24, 2.45) is 52.8 Å². The number of ether oxygens (including phenoxy) is 2. The Balaban J connectivity index is 0.000000217. The van der Waals surface area contributed by atoms with Crippen LogP contribution in [0.15, 0.2) is 0 Å². The van der Waals surface area contributed by atoms with Crippen LogP contribution in [0.2, 0.25) is 0 Å². The summed E-state index contributed by atoms with van der Waals surface area (Å²) in [6, 6.07) is 0. The summed E-state index contributed by atoms with van der Waals surface area (Å²) in [7, 11) is 0. The van der Waals surface area contributed by atoms with Crippen LogP contribution in [0.3, 0.4) is 0 Å². The Labute approximate surface area is 187 Å². The predicted octanol–water partition coefficient (Wildman–Crippen LogP) is 5.16. The van der Waals surface area contributed by atoms with Crippen molar-refractivity contribution >= 4 is 17.9 Å². The highest BCUT2D eigenvalue weighted by molar-refractivity contribution is 5.95. The molecule has 0 aromatic heterocycles. The fourth-order valence-electron chi connectivity index (χ4n) is 7.61. The number of rotatable bonds is 3. The summed E-state index contributed by atoms with van der Waals surface area (Å²) < 4.78 is 10.7. The van der Waals surface area contributed by atoms with Gasteiger partial charge in [0.15, 0.2) is 0 Å². The first-order valence-electron chi connectivity index (χ1n) is 12.5. The molecule has 0 spiro atoms. The highest BCUT2D eigenvalue weighted by Gasteiger charge is 2.61. The fourth-order valence-corrected chi connectivity index (χ4v) is 7.61. The van der Waals surface area contributed by atoms with Crippen molar-refractivity contribution in [2.75, 3.05) is 0 Å². The van der Waals surface area contributed by atoms with Gasteiger partial charge in [-0.25, -0.2) is 0 Å². The van der Waals surface area contributed by atoms with Crippen LogP contribution in [0.1, 0.15) is 86.5 Å². The van der Waals surface area contributed by atoms with Crippen molar-refractivity contribution < 1.29 is 23.9 Å². The molecule has 0 amide bonds. The molecule has 4 bridgehead atoms. The summed E-state index contributed by atoms with van der Waals surface area (Å²) in [5.41, 5.74) is -0.319. The summed E-state index contributed by atoms with van der Waals surface area (Å²) in [6.45, 7) is 12.5. The van der Waals surface area contributed by atoms with E-state index in [0.717, 1.165) is 37.0 Å². The molecule has 5 heteroatoms. The summed E-state index contributed by atoms with van der Waals surface area (Å²) in [5.74, 6) is 3.07. The summed E-state index contributed by atoms with van der Waals surface area (Å²) >= 11 is 0. The van der Waals surface area contributed by atoms with Crippen molar-refractivity contribution in [3.05, 3.63) is 0 Å². The highest BCUT2D eigenvalue weighted by atomic mass is 16.6. The second-order valence-corrected chi connectivity index (χ2v) is 11.6. The minimum Gasteiger partial charge on any atom is -0.458 e. The summed E-state index contributed by atoms with van der Waals surface area (Å²) in [4.78, 5) is 34.3. The molecule has 174 valence electrons. The first-order valence-corrected chi connectivity index (χ1v) is 12.5. The van der Waals surface area contributed by atoms with Crippen LogP contribution in [0, 0.1) is 52.8 Å². The molecule has 4 saturated carbocycles. The molecule has 0 aromatic rings. The molecule has 5 aliphatic rings. The average Bonchev–Trinajstić information content (AvgIpc) is 3.52. The van der Waals surface area contributed by atoms with E-state index in [1.807, 2.05) is 0 Å². The van der Waals surface area contributed by atoms with Crippen LogP contribution in [0.4, 0.5) is 0 Å². The maximum absolute atomic E-state index is 13.2. The highest BCUT2D eigenvalue weighted by Crippen LogP contribution is 2.62. The molecule has 31 heavy (non-hydrogen) atoms. The lowest BCUT2D eigenvalue weighted by Gasteiger charge is -2.43. The van der Waals surface area contributed by atoms with Gasteiger partial charge in [-0.2, -0.15) is 0 Å². The molecule has 1 saturated heterocycles. The minimum absolute atomic E-state index is 0.111. The smallest absolute Gasteiger partial charge is 0.317 e. The number of cyclic esters (lactones) is 2. The largest absolute Gasteiger partial charge is 0.458 e. The zero-order chi connectivity index (χ0) is 22.7. The monoisotopic (exact) mass is 432 g/mol. The zero-order valence-electron chi connectivity index (χ0n) is 20.1. The molecule has 1 heterocycles. The summed E-state index contributed by atoms with van der Waals surface area (Å²) in [5, 5.41) is 0. The van der Waals surface area contributed by atoms with Crippen LogP contribution in [0.25, 0.3) is 0 Å². The quantitative estimate of drug-likeness (QED) is 0.455. The van der Waals surface area contributed by atoms with Crippen LogP contribution in [-0.2, 0) is 23.9 Å². The predicted molar refractivity (Wildman–Crippen MR) is 117 cm³/mol. The van der Waals surface area contributed by atoms with E-state index < -0.39 is 11.9 Å². The van der Waals surface area contributed by atoms with Gasteiger partial charge in [-0.15, -0.1) is 0 Å². The molecule has 0 radical (unpaired) electrons. The van der Waals surface area contributed by atoms with Gasteiger partial charge in [0.05, 0.1) is 17.3 Å². The molecule has 10 unspecified atom stereocenters. The Bertz CT molecular complexity index is 741. The molecule has 5 nitrogen and oxygen atoms in total. The van der Waals surface area contributed by atoms with E-state index in [2.05, 4.69) is 32.4 Å². The third kappa shape index (κ3) is 3.54. The van der Waals surface area contributed by atoms with Gasteiger partial charge < -0.3 is 9.47 Å². The molecule has 0 aromatic carbocycles. The number of fused-ring (bicyclic) bond motifs is 4. The van der Waals surface area contributed by atoms with Gasteiger partial charge in [0.1, 0.15) is 5.60 Å². The van der Waals surface area contributed by atoms with E-state index in [4.69, 9.17) is 4.74 Å². The van der Waals surface area contributed by atoms with Crippen molar-refractivity contribution in [1.29, 1.82) is 0 Å². The first kappa shape index (κ1) is 22.8. The van der Waals surface area contributed by atoms with Crippen molar-refractivity contribution in [1.82, 2.24) is 0 Å². The number of carbonyl (C=O) groups is 3. The molecule has 4 aliphatic carbocycles. The zero-order valence-corrected chi connectivity index (χ0v) is 20.1. The lowest BCUT2D eigenvalue weighted by Crippen LogP contribution is -2.47. The maximum atomic E-state index is 13.2. The third-order valence-corrected chi connectivity index (χ3v) is 10.2. The lowest BCUT2D eigenvalue weighted by atomic mass is 9.66. The SMILES string of the molecule is CC1C(=O)OC(=O)C1C.CCC1(OC(=O)C2(C)CC3CC2C(C)C3C)CC2CCC1C2. The Kier molecular flexibility index (Phi) is 5.79. The molecule has 5 rings (SSSR count). The number of esters is 3. The Hall–Kier alpha value is -1.39. The van der Waals surface area contributed by atoms with Crippen molar-refractivity contribution in [3.8, 4) is 0 Å². The van der Waals surface area contributed by atoms with Crippen molar-refractivity contribution in [3.63, 3.8) is 0 Å². The van der Waals surface area contributed by atoms with Crippen LogP contribution in [0.5, 0.6) is 0 Å². The number of carbonyl (C=O) groups excluding carboxylic acids is 3. The summed E-state index contributed by atoms with van der Waals surface area (Å²) in [6.07, 6.45) is 8.40. The van der Waals surface area contributed by atoms with Gasteiger partial charge in [-0.3, -0.25) is 14.4 Å². The van der Waals surface area contributed by atoms with E-state index in [0.29, 0.717) is 17.8 Å². The van der Waals surface area contributed by atoms with Crippen molar-refractivity contribution in [2.45, 2.75) is 92.1 Å². The van der Waals surface area contributed by atoms with E-state index in [1.54, 1.807) is 13.8 Å². The Morgan fingerprint density at radius 3 is 2.03 bits per heavy atom. The fraction of sp³-hybridized carbons (Fsp3) is 0.885. The third-order valence-electron chi connectivity index (χ3n) is 10.2. The van der Waals surface area contributed by atoms with Crippen LogP contribution < -0.4 is 0 Å². The van der Waals surface area contributed by atoms with Crippen LogP contribution >= 0.6 is 0 Å².